The number of likely N-dealkylation sites (tertiary alicyclic amines) is 1. The van der Waals surface area contributed by atoms with Gasteiger partial charge in [-0.05, 0) is 61.6 Å². The molecule has 298 valence electrons. The molecule has 6 rings (SSSR count). The van der Waals surface area contributed by atoms with Crippen LogP contribution >= 0.6 is 11.6 Å². The monoisotopic (exact) mass is 778 g/mol. The minimum absolute atomic E-state index is 0.0201. The van der Waals surface area contributed by atoms with Gasteiger partial charge in [-0.15, -0.1) is 0 Å². The topological polar surface area (TPSA) is 191 Å². The molecule has 4 amide bonds. The van der Waals surface area contributed by atoms with E-state index < -0.39 is 59.5 Å². The van der Waals surface area contributed by atoms with Crippen LogP contribution in [0.5, 0.6) is 5.88 Å². The van der Waals surface area contributed by atoms with Crippen LogP contribution in [-0.2, 0) is 19.2 Å². The predicted molar refractivity (Wildman–Crippen MR) is 209 cm³/mol. The number of hydrogen-bond donors (Lipinski definition) is 6. The van der Waals surface area contributed by atoms with Gasteiger partial charge in [-0.1, -0.05) is 77.1 Å². The lowest BCUT2D eigenvalue weighted by molar-refractivity contribution is -0.145. The molecule has 15 heteroatoms. The number of aliphatic hydroxyl groups is 1. The van der Waals surface area contributed by atoms with Crippen molar-refractivity contribution >= 4 is 52.2 Å². The van der Waals surface area contributed by atoms with E-state index in [0.717, 1.165) is 56.0 Å². The van der Waals surface area contributed by atoms with Gasteiger partial charge in [0.05, 0.1) is 28.6 Å². The summed E-state index contributed by atoms with van der Waals surface area (Å²) in [5.41, 5.74) is 0.858. The fourth-order valence-electron chi connectivity index (χ4n) is 7.65. The molecular weight excluding hydrogens is 724 g/mol. The third-order valence-electron chi connectivity index (χ3n) is 10.8. The summed E-state index contributed by atoms with van der Waals surface area (Å²) in [4.78, 5) is 70.0. The number of pyridine rings is 1. The zero-order chi connectivity index (χ0) is 39.3. The Hall–Kier alpha value is -4.43. The minimum atomic E-state index is -1.46. The summed E-state index contributed by atoms with van der Waals surface area (Å²) in [5.74, 6) is -1.04. The number of amides is 4. The Morgan fingerprint density at radius 3 is 2.42 bits per heavy atom. The molecule has 2 aliphatic carbocycles. The molecule has 55 heavy (non-hydrogen) atoms. The number of imidazole rings is 1. The van der Waals surface area contributed by atoms with E-state index in [4.69, 9.17) is 16.3 Å². The van der Waals surface area contributed by atoms with E-state index in [0.29, 0.717) is 23.8 Å². The second kappa shape index (κ2) is 17.6. The fourth-order valence-corrected chi connectivity index (χ4v) is 7.77. The van der Waals surface area contributed by atoms with Crippen molar-refractivity contribution < 1.29 is 29.0 Å². The number of benzene rings is 1. The van der Waals surface area contributed by atoms with E-state index in [9.17, 15) is 24.3 Å². The van der Waals surface area contributed by atoms with E-state index in [2.05, 4.69) is 36.2 Å². The Bertz CT molecular complexity index is 1770. The first-order chi connectivity index (χ1) is 26.3. The van der Waals surface area contributed by atoms with Crippen molar-refractivity contribution in [3.63, 3.8) is 0 Å². The van der Waals surface area contributed by atoms with Gasteiger partial charge in [-0.2, -0.15) is 0 Å². The molecule has 3 fully saturated rings. The number of nitrogens with one attached hydrogen (secondary N) is 5. The summed E-state index contributed by atoms with van der Waals surface area (Å²) >= 11 is 6.05. The number of ether oxygens (including phenoxy) is 1. The smallest absolute Gasteiger partial charge is 0.251 e. The standard InChI is InChI=1S/C40H55ClN8O6/c1-5-11-29(33(50)37(53)43-25-17-18-25)44-35(51)30-20-26(55-31-19-16-24(41)21-42-31)22-49(30)38(54)34(40(2,3)4)48-36(52)32(23-12-7-6-8-13-23)47-39-45-27-14-9-10-15-28(27)46-39/h9-10,14-16,19,21,23,25-26,29-30,32-34,50H,5-8,11-13,17-18,20,22H2,1-4H3,(H,43,53)(H,44,51)(H,48,52)(H2,45,46,47)/t26-,29+,30+,32+,33?,34-/m1/s1. The molecule has 6 atom stereocenters. The van der Waals surface area contributed by atoms with Crippen LogP contribution in [0, 0.1) is 11.3 Å². The fraction of sp³-hybridized carbons (Fsp3) is 0.600. The molecule has 3 aromatic rings. The highest BCUT2D eigenvalue weighted by atomic mass is 35.5. The Morgan fingerprint density at radius 2 is 1.76 bits per heavy atom. The van der Waals surface area contributed by atoms with Crippen LogP contribution in [0.3, 0.4) is 0 Å². The van der Waals surface area contributed by atoms with Crippen molar-refractivity contribution in [3.05, 3.63) is 47.6 Å². The molecule has 2 saturated carbocycles. The lowest BCUT2D eigenvalue weighted by atomic mass is 9.82. The molecule has 0 spiro atoms. The Morgan fingerprint density at radius 1 is 1.02 bits per heavy atom. The molecular formula is C40H55ClN8O6. The third kappa shape index (κ3) is 10.3. The lowest BCUT2D eigenvalue weighted by Gasteiger charge is -2.37. The molecule has 1 aliphatic heterocycles. The molecule has 1 aromatic carbocycles. The number of aliphatic hydroxyl groups excluding tert-OH is 1. The summed E-state index contributed by atoms with van der Waals surface area (Å²) in [7, 11) is 0. The van der Waals surface area contributed by atoms with Gasteiger partial charge >= 0.3 is 0 Å². The quantitative estimate of drug-likeness (QED) is 0.129. The van der Waals surface area contributed by atoms with Gasteiger partial charge in [0.25, 0.3) is 5.91 Å². The van der Waals surface area contributed by atoms with Crippen molar-refractivity contribution in [2.75, 3.05) is 11.9 Å². The van der Waals surface area contributed by atoms with E-state index in [1.807, 2.05) is 52.0 Å². The van der Waals surface area contributed by atoms with Crippen molar-refractivity contribution in [2.24, 2.45) is 11.3 Å². The maximum absolute atomic E-state index is 14.8. The van der Waals surface area contributed by atoms with Crippen LogP contribution in [-0.4, -0.2) is 97.5 Å². The van der Waals surface area contributed by atoms with Crippen LogP contribution in [0.15, 0.2) is 42.6 Å². The average Bonchev–Trinajstić information content (AvgIpc) is 3.72. The number of carbonyl (C=O) groups is 4. The summed E-state index contributed by atoms with van der Waals surface area (Å²) in [6.45, 7) is 7.57. The lowest BCUT2D eigenvalue weighted by Crippen LogP contribution is -2.61. The number of rotatable bonds is 15. The van der Waals surface area contributed by atoms with Crippen LogP contribution in [0.4, 0.5) is 5.95 Å². The maximum atomic E-state index is 14.8. The highest BCUT2D eigenvalue weighted by molar-refractivity contribution is 6.30. The second-order valence-electron chi connectivity index (χ2n) is 16.4. The van der Waals surface area contributed by atoms with Gasteiger partial charge in [-0.3, -0.25) is 19.2 Å². The van der Waals surface area contributed by atoms with Crippen LogP contribution < -0.4 is 26.0 Å². The Kier molecular flexibility index (Phi) is 12.9. The number of anilines is 1. The van der Waals surface area contributed by atoms with Crippen LogP contribution in [0.25, 0.3) is 11.0 Å². The first kappa shape index (κ1) is 40.2. The van der Waals surface area contributed by atoms with Crippen molar-refractivity contribution in [2.45, 2.75) is 134 Å². The van der Waals surface area contributed by atoms with Crippen molar-refractivity contribution in [3.8, 4) is 5.88 Å². The predicted octanol–water partition coefficient (Wildman–Crippen LogP) is 4.48. The summed E-state index contributed by atoms with van der Waals surface area (Å²) < 4.78 is 6.17. The first-order valence-corrected chi connectivity index (χ1v) is 20.1. The molecule has 1 unspecified atom stereocenters. The van der Waals surface area contributed by atoms with Gasteiger partial charge < -0.3 is 41.0 Å². The molecule has 2 aromatic heterocycles. The third-order valence-corrected chi connectivity index (χ3v) is 11.0. The highest BCUT2D eigenvalue weighted by Crippen LogP contribution is 2.32. The normalized spacial score (nSPS) is 21.3. The number of nitrogens with zero attached hydrogens (tertiary/aromatic N) is 3. The number of aromatic nitrogens is 3. The zero-order valence-electron chi connectivity index (χ0n) is 32.1. The maximum Gasteiger partial charge on any atom is 0.251 e. The Labute approximate surface area is 327 Å². The Balaban J connectivity index is 1.24. The summed E-state index contributed by atoms with van der Waals surface area (Å²) in [5, 5.41) is 23.6. The van der Waals surface area contributed by atoms with Gasteiger partial charge in [-0.25, -0.2) is 9.97 Å². The number of hydrogen-bond acceptors (Lipinski definition) is 9. The number of para-hydroxylation sites is 2. The second-order valence-corrected chi connectivity index (χ2v) is 16.8. The van der Waals surface area contributed by atoms with Crippen molar-refractivity contribution in [1.29, 1.82) is 0 Å². The summed E-state index contributed by atoms with van der Waals surface area (Å²) in [6, 6.07) is 7.37. The van der Waals surface area contributed by atoms with Crippen LogP contribution in [0.1, 0.15) is 91.9 Å². The molecule has 0 bridgehead atoms. The SMILES string of the molecule is CCC[C@H](NC(=O)[C@@H]1C[C@@H](Oc2ccc(Cl)cn2)CN1C(=O)[C@@H](NC(=O)[C@@H](Nc1nc2ccccc2[nH]1)C1CCCCC1)C(C)(C)C)C(O)C(=O)NC1CC1. The first-order valence-electron chi connectivity index (χ1n) is 19.7. The van der Waals surface area contributed by atoms with Gasteiger partial charge in [0.1, 0.15) is 24.2 Å². The molecule has 3 heterocycles. The number of H-pyrrole nitrogens is 1. The molecule has 14 nitrogen and oxygen atoms in total. The summed E-state index contributed by atoms with van der Waals surface area (Å²) in [6.07, 6.45) is 6.97. The minimum Gasteiger partial charge on any atom is -0.472 e. The number of fused-ring (bicyclic) bond motifs is 1. The number of aromatic amines is 1. The van der Waals surface area contributed by atoms with Gasteiger partial charge in [0.15, 0.2) is 6.10 Å². The molecule has 0 radical (unpaired) electrons. The van der Waals surface area contributed by atoms with Crippen LogP contribution in [0.2, 0.25) is 5.02 Å². The molecule has 3 aliphatic rings. The van der Waals surface area contributed by atoms with E-state index >= 15 is 0 Å². The average molecular weight is 779 g/mol. The van der Waals surface area contributed by atoms with E-state index in [-0.39, 0.29) is 36.7 Å². The van der Waals surface area contributed by atoms with Gasteiger partial charge in [0, 0.05) is 24.7 Å². The number of carbonyl (C=O) groups excluding carboxylic acids is 4. The zero-order valence-corrected chi connectivity index (χ0v) is 32.9. The largest absolute Gasteiger partial charge is 0.472 e. The van der Waals surface area contributed by atoms with Crippen molar-refractivity contribution in [1.82, 2.24) is 35.8 Å². The highest BCUT2D eigenvalue weighted by Gasteiger charge is 2.47. The number of halogens is 1. The van der Waals surface area contributed by atoms with E-state index in [1.54, 1.807) is 12.1 Å². The van der Waals surface area contributed by atoms with E-state index in [1.165, 1.54) is 11.1 Å². The van der Waals surface area contributed by atoms with Gasteiger partial charge in [0.2, 0.25) is 29.5 Å². The molecule has 6 N–H and O–H groups in total. The molecule has 1 saturated heterocycles.